The molecule has 148 valence electrons. The van der Waals surface area contributed by atoms with Gasteiger partial charge in [0, 0.05) is 5.56 Å². The van der Waals surface area contributed by atoms with Crippen LogP contribution in [0.5, 0.6) is 5.75 Å². The summed E-state index contributed by atoms with van der Waals surface area (Å²) in [5, 5.41) is 0. The average Bonchev–Trinajstić information content (AvgIpc) is 3.23. The highest BCUT2D eigenvalue weighted by atomic mass is 19.1. The number of halogens is 1. The lowest BCUT2D eigenvalue weighted by Crippen LogP contribution is -2.17. The molecule has 0 bridgehead atoms. The standard InChI is InChI=1S/C20H16FN3O5/c1-12-16(22-18(28-12)14-5-3-2-4-6-14)11-27-17-8-7-13(9-15(17)21)10-24-19(25)23-20(26)29-24/h2-9H,10-11H2,1H3,(H,23,25,26). The minimum absolute atomic E-state index is 0.0280. The Morgan fingerprint density at radius 1 is 1.17 bits per heavy atom. The fourth-order valence-corrected chi connectivity index (χ4v) is 2.76. The molecule has 0 saturated carbocycles. The van der Waals surface area contributed by atoms with E-state index in [-0.39, 0.29) is 18.9 Å². The van der Waals surface area contributed by atoms with Crippen molar-refractivity contribution in [3.63, 3.8) is 0 Å². The molecule has 0 unspecified atom stereocenters. The van der Waals surface area contributed by atoms with E-state index in [1.54, 1.807) is 13.0 Å². The molecule has 1 N–H and O–H groups in total. The normalized spacial score (nSPS) is 11.0. The van der Waals surface area contributed by atoms with E-state index in [9.17, 15) is 14.0 Å². The van der Waals surface area contributed by atoms with Gasteiger partial charge in [0.05, 0.1) is 6.54 Å². The van der Waals surface area contributed by atoms with Crippen LogP contribution in [0.2, 0.25) is 0 Å². The summed E-state index contributed by atoms with van der Waals surface area (Å²) < 4.78 is 31.1. The molecule has 0 aliphatic carbocycles. The van der Waals surface area contributed by atoms with Crippen molar-refractivity contribution in [1.29, 1.82) is 0 Å². The molecule has 0 fully saturated rings. The number of nitrogens with one attached hydrogen (secondary N) is 1. The molecular weight excluding hydrogens is 381 g/mol. The zero-order chi connectivity index (χ0) is 20.4. The number of hydrogen-bond acceptors (Lipinski definition) is 6. The predicted octanol–water partition coefficient (Wildman–Crippen LogP) is 2.86. The molecule has 2 aromatic heterocycles. The number of aromatic amines is 1. The first kappa shape index (κ1) is 18.5. The Morgan fingerprint density at radius 2 is 1.97 bits per heavy atom. The molecule has 0 saturated heterocycles. The Kier molecular flexibility index (Phi) is 4.86. The summed E-state index contributed by atoms with van der Waals surface area (Å²) in [5.41, 5.74) is 1.13. The Morgan fingerprint density at radius 3 is 2.66 bits per heavy atom. The lowest BCUT2D eigenvalue weighted by Gasteiger charge is -2.07. The van der Waals surface area contributed by atoms with Gasteiger partial charge >= 0.3 is 11.4 Å². The van der Waals surface area contributed by atoms with Crippen molar-refractivity contribution in [2.24, 2.45) is 0 Å². The van der Waals surface area contributed by atoms with Gasteiger partial charge in [0.2, 0.25) is 5.89 Å². The highest BCUT2D eigenvalue weighted by Gasteiger charge is 2.14. The number of hydrogen-bond donors (Lipinski definition) is 1. The Bertz CT molecular complexity index is 1250. The van der Waals surface area contributed by atoms with Crippen molar-refractivity contribution >= 4 is 0 Å². The predicted molar refractivity (Wildman–Crippen MR) is 100 cm³/mol. The van der Waals surface area contributed by atoms with Crippen molar-refractivity contribution in [1.82, 2.24) is 14.7 Å². The maximum atomic E-state index is 14.4. The van der Waals surface area contributed by atoms with E-state index < -0.39 is 17.3 Å². The largest absolute Gasteiger partial charge is 0.484 e. The summed E-state index contributed by atoms with van der Waals surface area (Å²) in [6.45, 7) is 1.71. The second-order valence-electron chi connectivity index (χ2n) is 6.29. The van der Waals surface area contributed by atoms with E-state index >= 15 is 0 Å². The van der Waals surface area contributed by atoms with Gasteiger partial charge in [-0.05, 0) is 36.8 Å². The van der Waals surface area contributed by atoms with E-state index in [1.165, 1.54) is 12.1 Å². The molecule has 4 rings (SSSR count). The molecule has 2 heterocycles. The van der Waals surface area contributed by atoms with Gasteiger partial charge in [-0.2, -0.15) is 0 Å². The van der Waals surface area contributed by atoms with E-state index in [0.29, 0.717) is 22.9 Å². The molecule has 0 atom stereocenters. The second-order valence-corrected chi connectivity index (χ2v) is 6.29. The van der Waals surface area contributed by atoms with Gasteiger partial charge in [0.25, 0.3) is 0 Å². The topological polar surface area (TPSA) is 103 Å². The van der Waals surface area contributed by atoms with E-state index in [1.807, 2.05) is 35.3 Å². The van der Waals surface area contributed by atoms with E-state index in [4.69, 9.17) is 9.15 Å². The number of aromatic nitrogens is 3. The van der Waals surface area contributed by atoms with Gasteiger partial charge in [-0.25, -0.2) is 23.9 Å². The Labute approximate surface area is 163 Å². The molecule has 0 spiro atoms. The van der Waals surface area contributed by atoms with Crippen LogP contribution < -0.4 is 16.2 Å². The highest BCUT2D eigenvalue weighted by Crippen LogP contribution is 2.24. The van der Waals surface area contributed by atoms with Gasteiger partial charge < -0.3 is 13.7 Å². The van der Waals surface area contributed by atoms with Crippen LogP contribution >= 0.6 is 0 Å². The molecule has 9 heteroatoms. The fraction of sp³-hybridized carbons (Fsp3) is 0.150. The van der Waals surface area contributed by atoms with Gasteiger partial charge in [0.15, 0.2) is 11.6 Å². The van der Waals surface area contributed by atoms with Crippen LogP contribution in [0.3, 0.4) is 0 Å². The maximum Gasteiger partial charge on any atom is 0.440 e. The van der Waals surface area contributed by atoms with Crippen LogP contribution in [0.1, 0.15) is 17.0 Å². The number of aryl methyl sites for hydroxylation is 1. The van der Waals surface area contributed by atoms with Crippen molar-refractivity contribution in [3.05, 3.63) is 92.4 Å². The Hall–Kier alpha value is -3.88. The van der Waals surface area contributed by atoms with Gasteiger partial charge in [-0.15, -0.1) is 4.74 Å². The molecular formula is C20H16FN3O5. The fourth-order valence-electron chi connectivity index (χ4n) is 2.76. The third-order valence-electron chi connectivity index (χ3n) is 4.23. The molecule has 0 aliphatic rings. The van der Waals surface area contributed by atoms with Gasteiger partial charge in [0.1, 0.15) is 18.1 Å². The minimum atomic E-state index is -0.867. The van der Waals surface area contributed by atoms with Crippen LogP contribution in [0.4, 0.5) is 4.39 Å². The monoisotopic (exact) mass is 397 g/mol. The maximum absolute atomic E-state index is 14.4. The number of H-pyrrole nitrogens is 1. The smallest absolute Gasteiger partial charge is 0.440 e. The molecule has 0 radical (unpaired) electrons. The van der Waals surface area contributed by atoms with Gasteiger partial charge in [-0.3, -0.25) is 0 Å². The highest BCUT2D eigenvalue weighted by molar-refractivity contribution is 5.53. The summed E-state index contributed by atoms with van der Waals surface area (Å²) in [5.74, 6) is -0.398. The SMILES string of the molecule is Cc1oc(-c2ccccc2)nc1COc1ccc(Cn2oc(=O)[nH]c2=O)cc1F. The van der Waals surface area contributed by atoms with Crippen LogP contribution in [0, 0.1) is 12.7 Å². The molecule has 4 aromatic rings. The summed E-state index contributed by atoms with van der Waals surface area (Å²) in [6.07, 6.45) is 0. The minimum Gasteiger partial charge on any atom is -0.484 e. The first-order valence-electron chi connectivity index (χ1n) is 8.73. The number of benzene rings is 2. The zero-order valence-electron chi connectivity index (χ0n) is 15.3. The third kappa shape index (κ3) is 4.03. The van der Waals surface area contributed by atoms with E-state index in [0.717, 1.165) is 10.3 Å². The van der Waals surface area contributed by atoms with Crippen LogP contribution in [0.15, 0.2) is 67.1 Å². The van der Waals surface area contributed by atoms with Crippen molar-refractivity contribution in [2.45, 2.75) is 20.1 Å². The van der Waals surface area contributed by atoms with Gasteiger partial charge in [-0.1, -0.05) is 24.3 Å². The number of nitrogens with zero attached hydrogens (tertiary/aromatic N) is 2. The lowest BCUT2D eigenvalue weighted by molar-refractivity contribution is 0.257. The zero-order valence-corrected chi connectivity index (χ0v) is 15.3. The molecule has 0 aliphatic heterocycles. The van der Waals surface area contributed by atoms with Crippen molar-refractivity contribution < 1.29 is 18.1 Å². The second kappa shape index (κ2) is 7.63. The van der Waals surface area contributed by atoms with E-state index in [2.05, 4.69) is 9.51 Å². The van der Waals surface area contributed by atoms with Crippen LogP contribution in [-0.4, -0.2) is 14.7 Å². The van der Waals surface area contributed by atoms with Crippen molar-refractivity contribution in [3.8, 4) is 17.2 Å². The average molecular weight is 397 g/mol. The van der Waals surface area contributed by atoms with Crippen LogP contribution in [-0.2, 0) is 13.2 Å². The first-order chi connectivity index (χ1) is 14.0. The van der Waals surface area contributed by atoms with Crippen LogP contribution in [0.25, 0.3) is 11.5 Å². The summed E-state index contributed by atoms with van der Waals surface area (Å²) in [4.78, 5) is 28.9. The summed E-state index contributed by atoms with van der Waals surface area (Å²) >= 11 is 0. The first-order valence-corrected chi connectivity index (χ1v) is 8.73. The number of rotatable bonds is 6. The molecule has 0 amide bonds. The summed E-state index contributed by atoms with van der Waals surface area (Å²) in [7, 11) is 0. The molecule has 2 aromatic carbocycles. The third-order valence-corrected chi connectivity index (χ3v) is 4.23. The number of ether oxygens (including phenoxy) is 1. The quantitative estimate of drug-likeness (QED) is 0.537. The lowest BCUT2D eigenvalue weighted by atomic mass is 10.2. The van der Waals surface area contributed by atoms with Crippen molar-refractivity contribution in [2.75, 3.05) is 0 Å². The Balaban J connectivity index is 1.46. The number of oxazole rings is 1. The summed E-state index contributed by atoms with van der Waals surface area (Å²) in [6, 6.07) is 13.6. The molecule has 8 nitrogen and oxygen atoms in total. The molecule has 29 heavy (non-hydrogen) atoms.